The molecule has 0 bridgehead atoms. The molecule has 0 amide bonds. The Kier molecular flexibility index (Phi) is 2.06. The largest absolute Gasteiger partial charge is 0.314 e. The van der Waals surface area contributed by atoms with Crippen molar-refractivity contribution in [1.29, 1.82) is 0 Å². The van der Waals surface area contributed by atoms with Crippen molar-refractivity contribution in [3.8, 4) is 0 Å². The number of alkyl halides is 1. The lowest BCUT2D eigenvalue weighted by Crippen LogP contribution is -2.23. The molecule has 0 aromatic rings. The summed E-state index contributed by atoms with van der Waals surface area (Å²) in [5.74, 6) is 0. The van der Waals surface area contributed by atoms with Crippen LogP contribution in [0.15, 0.2) is 0 Å². The Bertz CT molecular complexity index is 88.9. The second-order valence-corrected chi connectivity index (χ2v) is 3.18. The van der Waals surface area contributed by atoms with E-state index in [1.165, 1.54) is 12.8 Å². The van der Waals surface area contributed by atoms with E-state index in [2.05, 4.69) is 12.2 Å². The van der Waals surface area contributed by atoms with Gasteiger partial charge in [0.05, 0.1) is 0 Å². The molecule has 0 unspecified atom stereocenters. The summed E-state index contributed by atoms with van der Waals surface area (Å²) in [6.07, 6.45) is 2.62. The highest BCUT2D eigenvalue weighted by molar-refractivity contribution is 4.90. The zero-order valence-corrected chi connectivity index (χ0v) is 5.91. The molecular formula is C7H14FN. The molecular weight excluding hydrogens is 117 g/mol. The topological polar surface area (TPSA) is 12.0 Å². The van der Waals surface area contributed by atoms with Gasteiger partial charge in [-0.3, -0.25) is 0 Å². The Morgan fingerprint density at radius 3 is 2.67 bits per heavy atom. The first-order chi connectivity index (χ1) is 4.27. The SMILES string of the molecule is CC1(CNCCF)CC1. The van der Waals surface area contributed by atoms with Gasteiger partial charge in [-0.2, -0.15) is 0 Å². The lowest BCUT2D eigenvalue weighted by Gasteiger charge is -2.06. The minimum Gasteiger partial charge on any atom is -0.314 e. The Balaban J connectivity index is 1.92. The van der Waals surface area contributed by atoms with Crippen molar-refractivity contribution in [2.75, 3.05) is 19.8 Å². The molecule has 0 spiro atoms. The van der Waals surface area contributed by atoms with Gasteiger partial charge in [-0.1, -0.05) is 6.92 Å². The first kappa shape index (κ1) is 7.00. The van der Waals surface area contributed by atoms with Crippen LogP contribution in [-0.4, -0.2) is 19.8 Å². The summed E-state index contributed by atoms with van der Waals surface area (Å²) in [7, 11) is 0. The molecule has 2 heteroatoms. The van der Waals surface area contributed by atoms with Gasteiger partial charge in [-0.25, -0.2) is 4.39 Å². The maximum Gasteiger partial charge on any atom is 0.102 e. The molecule has 1 N–H and O–H groups in total. The van der Waals surface area contributed by atoms with Gasteiger partial charge >= 0.3 is 0 Å². The maximum absolute atomic E-state index is 11.5. The summed E-state index contributed by atoms with van der Waals surface area (Å²) in [5, 5.41) is 3.06. The van der Waals surface area contributed by atoms with Crippen LogP contribution in [0.5, 0.6) is 0 Å². The summed E-state index contributed by atoms with van der Waals surface area (Å²) in [6, 6.07) is 0. The van der Waals surface area contributed by atoms with Gasteiger partial charge < -0.3 is 5.32 Å². The van der Waals surface area contributed by atoms with Crippen LogP contribution in [0.1, 0.15) is 19.8 Å². The van der Waals surface area contributed by atoms with E-state index in [1.807, 2.05) is 0 Å². The normalized spacial score (nSPS) is 22.0. The molecule has 1 fully saturated rings. The Morgan fingerprint density at radius 2 is 2.22 bits per heavy atom. The molecule has 0 aromatic heterocycles. The molecule has 1 nitrogen and oxygen atoms in total. The van der Waals surface area contributed by atoms with Crippen molar-refractivity contribution in [1.82, 2.24) is 5.32 Å². The van der Waals surface area contributed by atoms with Gasteiger partial charge in [-0.05, 0) is 18.3 Å². The van der Waals surface area contributed by atoms with E-state index in [9.17, 15) is 4.39 Å². The van der Waals surface area contributed by atoms with Crippen LogP contribution < -0.4 is 5.32 Å². The molecule has 1 aliphatic carbocycles. The van der Waals surface area contributed by atoms with Crippen LogP contribution in [-0.2, 0) is 0 Å². The fraction of sp³-hybridized carbons (Fsp3) is 1.00. The van der Waals surface area contributed by atoms with E-state index in [1.54, 1.807) is 0 Å². The van der Waals surface area contributed by atoms with Crippen molar-refractivity contribution in [3.05, 3.63) is 0 Å². The second-order valence-electron chi connectivity index (χ2n) is 3.18. The van der Waals surface area contributed by atoms with E-state index in [4.69, 9.17) is 0 Å². The number of hydrogen-bond acceptors (Lipinski definition) is 1. The maximum atomic E-state index is 11.5. The summed E-state index contributed by atoms with van der Waals surface area (Å²) in [4.78, 5) is 0. The minimum atomic E-state index is -0.240. The monoisotopic (exact) mass is 131 g/mol. The van der Waals surface area contributed by atoms with Crippen molar-refractivity contribution in [2.45, 2.75) is 19.8 Å². The predicted octanol–water partition coefficient (Wildman–Crippen LogP) is 1.35. The molecule has 0 aliphatic heterocycles. The smallest absolute Gasteiger partial charge is 0.102 e. The molecule has 0 atom stereocenters. The molecule has 9 heavy (non-hydrogen) atoms. The highest BCUT2D eigenvalue weighted by atomic mass is 19.1. The molecule has 0 saturated heterocycles. The van der Waals surface area contributed by atoms with Gasteiger partial charge in [0, 0.05) is 13.1 Å². The quantitative estimate of drug-likeness (QED) is 0.568. The highest BCUT2D eigenvalue weighted by Crippen LogP contribution is 2.43. The molecule has 1 saturated carbocycles. The van der Waals surface area contributed by atoms with Crippen molar-refractivity contribution < 1.29 is 4.39 Å². The van der Waals surface area contributed by atoms with Gasteiger partial charge in [0.1, 0.15) is 6.67 Å². The second kappa shape index (κ2) is 2.65. The van der Waals surface area contributed by atoms with Gasteiger partial charge in [-0.15, -0.1) is 0 Å². The van der Waals surface area contributed by atoms with Crippen LogP contribution in [0, 0.1) is 5.41 Å². The molecule has 1 rings (SSSR count). The summed E-state index contributed by atoms with van der Waals surface area (Å²) in [6.45, 7) is 3.51. The van der Waals surface area contributed by atoms with E-state index >= 15 is 0 Å². The van der Waals surface area contributed by atoms with Crippen LogP contribution in [0.3, 0.4) is 0 Å². The summed E-state index contributed by atoms with van der Waals surface area (Å²) < 4.78 is 11.5. The van der Waals surface area contributed by atoms with Crippen LogP contribution in [0.25, 0.3) is 0 Å². The van der Waals surface area contributed by atoms with Crippen LogP contribution >= 0.6 is 0 Å². The van der Waals surface area contributed by atoms with E-state index < -0.39 is 0 Å². The first-order valence-corrected chi connectivity index (χ1v) is 3.54. The third-order valence-electron chi connectivity index (χ3n) is 1.93. The standard InChI is InChI=1S/C7H14FN/c1-7(2-3-7)6-9-5-4-8/h9H,2-6H2,1H3. The Labute approximate surface area is 55.6 Å². The fourth-order valence-corrected chi connectivity index (χ4v) is 0.847. The van der Waals surface area contributed by atoms with Crippen molar-refractivity contribution in [2.24, 2.45) is 5.41 Å². The van der Waals surface area contributed by atoms with Crippen molar-refractivity contribution in [3.63, 3.8) is 0 Å². The lowest BCUT2D eigenvalue weighted by molar-refractivity contribution is 0.433. The molecule has 1 aliphatic rings. The number of halogens is 1. The molecule has 0 radical (unpaired) electrons. The summed E-state index contributed by atoms with van der Waals surface area (Å²) in [5.41, 5.74) is 0.523. The zero-order valence-electron chi connectivity index (χ0n) is 5.91. The van der Waals surface area contributed by atoms with Crippen LogP contribution in [0.2, 0.25) is 0 Å². The van der Waals surface area contributed by atoms with Crippen molar-refractivity contribution >= 4 is 0 Å². The number of nitrogens with one attached hydrogen (secondary N) is 1. The van der Waals surface area contributed by atoms with Gasteiger partial charge in [0.15, 0.2) is 0 Å². The third-order valence-corrected chi connectivity index (χ3v) is 1.93. The fourth-order valence-electron chi connectivity index (χ4n) is 0.847. The average Bonchev–Trinajstić information content (AvgIpc) is 2.50. The van der Waals surface area contributed by atoms with Gasteiger partial charge in [0.25, 0.3) is 0 Å². The zero-order chi connectivity index (χ0) is 6.74. The molecule has 0 aromatic carbocycles. The third kappa shape index (κ3) is 2.31. The Morgan fingerprint density at radius 1 is 1.56 bits per heavy atom. The molecule has 54 valence electrons. The average molecular weight is 131 g/mol. The van der Waals surface area contributed by atoms with Gasteiger partial charge in [0.2, 0.25) is 0 Å². The predicted molar refractivity (Wildman–Crippen MR) is 36.2 cm³/mol. The van der Waals surface area contributed by atoms with Crippen LogP contribution in [0.4, 0.5) is 4.39 Å². The minimum absolute atomic E-state index is 0.240. The van der Waals surface area contributed by atoms with E-state index in [-0.39, 0.29) is 6.67 Å². The summed E-state index contributed by atoms with van der Waals surface area (Å²) >= 11 is 0. The van der Waals surface area contributed by atoms with E-state index in [0.717, 1.165) is 6.54 Å². The lowest BCUT2D eigenvalue weighted by atomic mass is 10.1. The first-order valence-electron chi connectivity index (χ1n) is 3.54. The Hall–Kier alpha value is -0.110. The highest BCUT2D eigenvalue weighted by Gasteiger charge is 2.36. The number of hydrogen-bond donors (Lipinski definition) is 1. The number of rotatable bonds is 4. The molecule has 0 heterocycles. The van der Waals surface area contributed by atoms with E-state index in [0.29, 0.717) is 12.0 Å².